The molecule has 0 bridgehead atoms. The largest absolute Gasteiger partial charge is 0.369 e. The highest BCUT2D eigenvalue weighted by Crippen LogP contribution is 2.36. The number of nitrogens with one attached hydrogen (secondary N) is 1. The summed E-state index contributed by atoms with van der Waals surface area (Å²) in [6.45, 7) is 2.26. The molecule has 0 spiro atoms. The number of nitrogens with zero attached hydrogens (tertiary/aromatic N) is 5. The smallest absolute Gasteiger partial charge is 0.252 e. The van der Waals surface area contributed by atoms with Crippen LogP contribution >= 0.6 is 0 Å². The summed E-state index contributed by atoms with van der Waals surface area (Å²) >= 11 is 0. The number of carbonyl (C=O) groups excluding carboxylic acids is 1. The van der Waals surface area contributed by atoms with Gasteiger partial charge < -0.3 is 20.2 Å². The second kappa shape index (κ2) is 8.53. The van der Waals surface area contributed by atoms with E-state index in [0.29, 0.717) is 30.0 Å². The molecule has 4 heterocycles. The molecule has 1 aromatic carbocycles. The summed E-state index contributed by atoms with van der Waals surface area (Å²) in [5.41, 5.74) is 2.22. The topological polar surface area (TPSA) is 86.0 Å². The lowest BCUT2D eigenvalue weighted by Gasteiger charge is -2.27. The van der Waals surface area contributed by atoms with Crippen molar-refractivity contribution in [1.29, 1.82) is 0 Å². The molecule has 0 aliphatic carbocycles. The van der Waals surface area contributed by atoms with Crippen molar-refractivity contribution in [2.24, 2.45) is 0 Å². The molecular weight excluding hydrogens is 442 g/mol. The number of carbonyl (C=O) groups is 1. The van der Waals surface area contributed by atoms with Gasteiger partial charge in [0.15, 0.2) is 11.9 Å². The highest BCUT2D eigenvalue weighted by molar-refractivity contribution is 5.95. The van der Waals surface area contributed by atoms with Gasteiger partial charge in [-0.3, -0.25) is 4.79 Å². The first-order valence-electron chi connectivity index (χ1n) is 10.9. The molecule has 2 aliphatic heterocycles. The summed E-state index contributed by atoms with van der Waals surface area (Å²) in [5.74, 6) is -1.13. The van der Waals surface area contributed by atoms with Crippen molar-refractivity contribution >= 4 is 17.4 Å². The highest BCUT2D eigenvalue weighted by Gasteiger charge is 2.36. The Labute approximate surface area is 194 Å². The lowest BCUT2D eigenvalue weighted by molar-refractivity contribution is -0.120. The monoisotopic (exact) mass is 466 g/mol. The number of halogens is 2. The van der Waals surface area contributed by atoms with E-state index < -0.39 is 29.8 Å². The minimum Gasteiger partial charge on any atom is -0.369 e. The third-order valence-corrected chi connectivity index (χ3v) is 6.24. The molecule has 2 aromatic heterocycles. The van der Waals surface area contributed by atoms with Gasteiger partial charge in [0.1, 0.15) is 17.5 Å². The normalized spacial score (nSPS) is 22.4. The van der Waals surface area contributed by atoms with E-state index in [-0.39, 0.29) is 11.6 Å². The Morgan fingerprint density at radius 1 is 1.21 bits per heavy atom. The van der Waals surface area contributed by atoms with Crippen molar-refractivity contribution in [1.82, 2.24) is 24.8 Å². The number of fused-ring (bicyclic) bond motifs is 1. The van der Waals surface area contributed by atoms with Crippen molar-refractivity contribution < 1.29 is 18.7 Å². The molecule has 10 heteroatoms. The molecule has 1 fully saturated rings. The molecule has 3 aromatic rings. The van der Waals surface area contributed by atoms with E-state index in [1.807, 2.05) is 24.0 Å². The number of aryl methyl sites for hydroxylation is 1. The average Bonchev–Trinajstić information content (AvgIpc) is 3.38. The number of amides is 1. The van der Waals surface area contributed by atoms with E-state index in [1.54, 1.807) is 36.1 Å². The molecule has 34 heavy (non-hydrogen) atoms. The van der Waals surface area contributed by atoms with Crippen LogP contribution in [0.4, 0.5) is 14.6 Å². The van der Waals surface area contributed by atoms with Gasteiger partial charge in [0.05, 0.1) is 23.5 Å². The van der Waals surface area contributed by atoms with Gasteiger partial charge in [0.25, 0.3) is 5.91 Å². The lowest BCUT2D eigenvalue weighted by atomic mass is 10.0. The van der Waals surface area contributed by atoms with Crippen LogP contribution in [0.15, 0.2) is 60.5 Å². The van der Waals surface area contributed by atoms with Gasteiger partial charge >= 0.3 is 0 Å². The molecule has 5 rings (SSSR count). The summed E-state index contributed by atoms with van der Waals surface area (Å²) in [5, 5.41) is 18.0. The lowest BCUT2D eigenvalue weighted by Crippen LogP contribution is -2.43. The van der Waals surface area contributed by atoms with Crippen LogP contribution in [-0.4, -0.2) is 56.4 Å². The molecule has 2 unspecified atom stereocenters. The van der Waals surface area contributed by atoms with E-state index in [0.717, 1.165) is 11.8 Å². The molecule has 1 saturated heterocycles. The van der Waals surface area contributed by atoms with Crippen molar-refractivity contribution in [3.05, 3.63) is 83.3 Å². The van der Waals surface area contributed by atoms with Gasteiger partial charge in [-0.05, 0) is 55.3 Å². The number of aliphatic hydroxyl groups excluding tert-OH is 1. The molecule has 0 radical (unpaired) electrons. The Kier molecular flexibility index (Phi) is 5.52. The van der Waals surface area contributed by atoms with E-state index in [2.05, 4.69) is 15.4 Å². The Balaban J connectivity index is 1.46. The molecule has 8 nitrogen and oxygen atoms in total. The van der Waals surface area contributed by atoms with Crippen LogP contribution in [0.3, 0.4) is 0 Å². The van der Waals surface area contributed by atoms with Crippen molar-refractivity contribution in [2.75, 3.05) is 18.5 Å². The van der Waals surface area contributed by atoms with Gasteiger partial charge in [-0.1, -0.05) is 0 Å². The van der Waals surface area contributed by atoms with E-state index in [1.165, 1.54) is 17.0 Å². The van der Waals surface area contributed by atoms with Crippen LogP contribution in [-0.2, 0) is 4.79 Å². The summed E-state index contributed by atoms with van der Waals surface area (Å²) in [6, 6.07) is 6.32. The Morgan fingerprint density at radius 2 is 1.97 bits per heavy atom. The molecule has 3 atom stereocenters. The summed E-state index contributed by atoms with van der Waals surface area (Å²) in [7, 11) is 1.67. The maximum Gasteiger partial charge on any atom is 0.252 e. The third-order valence-electron chi connectivity index (χ3n) is 6.24. The van der Waals surface area contributed by atoms with Crippen LogP contribution < -0.4 is 10.2 Å². The van der Waals surface area contributed by atoms with Crippen LogP contribution in [0.25, 0.3) is 5.65 Å². The predicted octanol–water partition coefficient (Wildman–Crippen LogP) is 2.46. The standard InChI is InChI=1S/C24H24F2N6O2/c1-14-12-27-21-5-6-22(29-32(14)21)31-13-18(11-20(31)15-8-16(25)10-17(26)9-15)28-23(33)19-4-3-7-30(2)24(19)34/h3-10,12,18,20,24,34H,11,13H2,1-2H3,(H,28,33)/t18?,20-,24?/m1/s1. The first kappa shape index (κ1) is 22.0. The zero-order chi connectivity index (χ0) is 24.0. The van der Waals surface area contributed by atoms with E-state index in [9.17, 15) is 18.7 Å². The molecule has 2 N–H and O–H groups in total. The molecule has 2 aliphatic rings. The summed E-state index contributed by atoms with van der Waals surface area (Å²) < 4.78 is 29.8. The molecule has 176 valence electrons. The minimum absolute atomic E-state index is 0.227. The fourth-order valence-corrected chi connectivity index (χ4v) is 4.54. The quantitative estimate of drug-likeness (QED) is 0.615. The molecular formula is C24H24F2N6O2. The van der Waals surface area contributed by atoms with E-state index >= 15 is 0 Å². The number of imidazole rings is 1. The van der Waals surface area contributed by atoms with Crippen LogP contribution in [0, 0.1) is 18.6 Å². The Bertz CT molecular complexity index is 1300. The molecule has 0 saturated carbocycles. The maximum atomic E-state index is 14.1. The van der Waals surface area contributed by atoms with Crippen molar-refractivity contribution in [3.8, 4) is 0 Å². The zero-order valence-electron chi connectivity index (χ0n) is 18.7. The van der Waals surface area contributed by atoms with Gasteiger partial charge in [0.2, 0.25) is 0 Å². The Morgan fingerprint density at radius 3 is 2.74 bits per heavy atom. The van der Waals surface area contributed by atoms with Crippen LogP contribution in [0.2, 0.25) is 0 Å². The number of hydrogen-bond acceptors (Lipinski definition) is 6. The zero-order valence-corrected chi connectivity index (χ0v) is 18.7. The fraction of sp³-hybridized carbons (Fsp3) is 0.292. The predicted molar refractivity (Wildman–Crippen MR) is 122 cm³/mol. The number of allylic oxidation sites excluding steroid dienone is 2. The van der Waals surface area contributed by atoms with Gasteiger partial charge in [-0.2, -0.15) is 0 Å². The first-order valence-corrected chi connectivity index (χ1v) is 10.9. The minimum atomic E-state index is -1.05. The third kappa shape index (κ3) is 4.01. The van der Waals surface area contributed by atoms with Gasteiger partial charge in [0, 0.05) is 31.9 Å². The number of aliphatic hydroxyl groups is 1. The highest BCUT2D eigenvalue weighted by atomic mass is 19.1. The van der Waals surface area contributed by atoms with Crippen LogP contribution in [0.5, 0.6) is 0 Å². The van der Waals surface area contributed by atoms with E-state index in [4.69, 9.17) is 0 Å². The number of likely N-dealkylation sites (N-methyl/N-ethyl adjacent to an activating group) is 1. The first-order chi connectivity index (χ1) is 16.3. The Hall–Kier alpha value is -3.79. The maximum absolute atomic E-state index is 14.1. The summed E-state index contributed by atoms with van der Waals surface area (Å²) in [4.78, 5) is 20.7. The number of hydrogen-bond donors (Lipinski definition) is 2. The number of aromatic nitrogens is 3. The van der Waals surface area contributed by atoms with Gasteiger partial charge in [-0.25, -0.2) is 18.3 Å². The SMILES string of the molecule is Cc1cnc2ccc(N3CC(NC(=O)C4=CC=CN(C)C4O)C[C@@H]3c3cc(F)cc(F)c3)nn12. The van der Waals surface area contributed by atoms with Crippen molar-refractivity contribution in [2.45, 2.75) is 31.7 Å². The molecule has 1 amide bonds. The van der Waals surface area contributed by atoms with Gasteiger partial charge in [-0.15, -0.1) is 5.10 Å². The second-order valence-electron chi connectivity index (χ2n) is 8.64. The number of anilines is 1. The number of benzene rings is 1. The van der Waals surface area contributed by atoms with Crippen molar-refractivity contribution in [3.63, 3.8) is 0 Å². The second-order valence-corrected chi connectivity index (χ2v) is 8.64. The average molecular weight is 466 g/mol. The fourth-order valence-electron chi connectivity index (χ4n) is 4.54. The summed E-state index contributed by atoms with van der Waals surface area (Å²) in [6.07, 6.45) is 6.01. The number of rotatable bonds is 4. The van der Waals surface area contributed by atoms with Crippen LogP contribution in [0.1, 0.15) is 23.7 Å².